The number of nitrogens with one attached hydrogen (secondary N) is 1. The molecule has 0 bridgehead atoms. The molecule has 0 atom stereocenters. The Morgan fingerprint density at radius 3 is 2.51 bits per heavy atom. The number of aromatic nitrogens is 3. The van der Waals surface area contributed by atoms with E-state index in [1.54, 1.807) is 10.6 Å². The first-order valence-electron chi connectivity index (χ1n) is 10.8. The third-order valence-corrected chi connectivity index (χ3v) is 7.16. The summed E-state index contributed by atoms with van der Waals surface area (Å²) in [4.78, 5) is 35.0. The van der Waals surface area contributed by atoms with E-state index in [1.165, 1.54) is 23.1 Å². The van der Waals surface area contributed by atoms with Gasteiger partial charge < -0.3 is 5.32 Å². The number of thiazole rings is 1. The average Bonchev–Trinajstić information content (AvgIpc) is 3.33. The zero-order chi connectivity index (χ0) is 24.2. The third-order valence-electron chi connectivity index (χ3n) is 5.21. The van der Waals surface area contributed by atoms with Crippen molar-refractivity contribution in [2.45, 2.75) is 11.6 Å². The van der Waals surface area contributed by atoms with E-state index >= 15 is 0 Å². The van der Waals surface area contributed by atoms with E-state index in [4.69, 9.17) is 16.6 Å². The third kappa shape index (κ3) is 5.30. The van der Waals surface area contributed by atoms with Crippen molar-refractivity contribution in [1.82, 2.24) is 14.5 Å². The first-order chi connectivity index (χ1) is 17.1. The highest BCUT2D eigenvalue weighted by molar-refractivity contribution is 7.99. The molecular weight excluding hydrogens is 500 g/mol. The smallest absolute Gasteiger partial charge is 0.266 e. The second-order valence-electron chi connectivity index (χ2n) is 7.58. The Morgan fingerprint density at radius 2 is 1.71 bits per heavy atom. The molecule has 0 aliphatic rings. The van der Waals surface area contributed by atoms with Crippen LogP contribution in [0.2, 0.25) is 5.02 Å². The summed E-state index contributed by atoms with van der Waals surface area (Å²) < 4.78 is 1.60. The SMILES string of the molecule is O=C(CCSc1nc2ccccc2c(=O)n1-c1ccccc1)Nc1nc(-c2ccc(Cl)cc2)cs1. The molecule has 0 spiro atoms. The van der Waals surface area contributed by atoms with Gasteiger partial charge in [-0.05, 0) is 36.4 Å². The van der Waals surface area contributed by atoms with Crippen LogP contribution in [0.4, 0.5) is 5.13 Å². The van der Waals surface area contributed by atoms with Crippen LogP contribution < -0.4 is 10.9 Å². The Bertz CT molecular complexity index is 1550. The lowest BCUT2D eigenvalue weighted by Crippen LogP contribution is -2.22. The van der Waals surface area contributed by atoms with Crippen molar-refractivity contribution in [1.29, 1.82) is 0 Å². The first-order valence-corrected chi connectivity index (χ1v) is 13.0. The number of hydrogen-bond donors (Lipinski definition) is 1. The minimum atomic E-state index is -0.149. The van der Waals surface area contributed by atoms with E-state index < -0.39 is 0 Å². The molecule has 174 valence electrons. The maximum Gasteiger partial charge on any atom is 0.266 e. The van der Waals surface area contributed by atoms with Gasteiger partial charge in [0.1, 0.15) is 0 Å². The Hall–Kier alpha value is -3.46. The van der Waals surface area contributed by atoms with E-state index in [0.717, 1.165) is 16.9 Å². The maximum absolute atomic E-state index is 13.2. The van der Waals surface area contributed by atoms with Crippen LogP contribution in [0, 0.1) is 0 Å². The van der Waals surface area contributed by atoms with Gasteiger partial charge in [-0.2, -0.15) is 0 Å². The highest BCUT2D eigenvalue weighted by Crippen LogP contribution is 2.26. The van der Waals surface area contributed by atoms with Gasteiger partial charge in [0.25, 0.3) is 5.56 Å². The highest BCUT2D eigenvalue weighted by atomic mass is 35.5. The summed E-state index contributed by atoms with van der Waals surface area (Å²) in [6.07, 6.45) is 0.248. The second kappa shape index (κ2) is 10.4. The van der Waals surface area contributed by atoms with Gasteiger partial charge in [-0.25, -0.2) is 9.97 Å². The number of amides is 1. The second-order valence-corrected chi connectivity index (χ2v) is 9.94. The minimum absolute atomic E-state index is 0.133. The van der Waals surface area contributed by atoms with Gasteiger partial charge in [0.2, 0.25) is 5.91 Å². The Balaban J connectivity index is 1.29. The zero-order valence-electron chi connectivity index (χ0n) is 18.3. The number of halogens is 1. The fourth-order valence-electron chi connectivity index (χ4n) is 3.52. The molecule has 3 aromatic carbocycles. The lowest BCUT2D eigenvalue weighted by atomic mass is 10.2. The predicted molar refractivity (Wildman–Crippen MR) is 144 cm³/mol. The number of para-hydroxylation sites is 2. The lowest BCUT2D eigenvalue weighted by Gasteiger charge is -2.13. The van der Waals surface area contributed by atoms with E-state index in [-0.39, 0.29) is 17.9 Å². The number of thioether (sulfide) groups is 1. The van der Waals surface area contributed by atoms with Crippen molar-refractivity contribution in [2.24, 2.45) is 0 Å². The molecule has 0 fully saturated rings. The first kappa shape index (κ1) is 23.3. The molecule has 0 radical (unpaired) electrons. The van der Waals surface area contributed by atoms with Crippen LogP contribution in [0.1, 0.15) is 6.42 Å². The topological polar surface area (TPSA) is 76.9 Å². The van der Waals surface area contributed by atoms with Gasteiger partial charge >= 0.3 is 0 Å². The fourth-order valence-corrected chi connectivity index (χ4v) is 5.33. The van der Waals surface area contributed by atoms with Crippen LogP contribution in [-0.4, -0.2) is 26.2 Å². The van der Waals surface area contributed by atoms with Crippen LogP contribution in [0.15, 0.2) is 94.2 Å². The number of anilines is 1. The monoisotopic (exact) mass is 518 g/mol. The zero-order valence-corrected chi connectivity index (χ0v) is 20.7. The molecule has 0 unspecified atom stereocenters. The number of rotatable bonds is 7. The average molecular weight is 519 g/mol. The molecule has 1 N–H and O–H groups in total. The predicted octanol–water partition coefficient (Wildman–Crippen LogP) is 6.28. The maximum atomic E-state index is 13.2. The molecule has 35 heavy (non-hydrogen) atoms. The number of benzene rings is 3. The van der Waals surface area contributed by atoms with Crippen LogP contribution in [0.5, 0.6) is 0 Å². The number of nitrogens with zero attached hydrogens (tertiary/aromatic N) is 3. The molecule has 0 saturated carbocycles. The molecule has 5 aromatic rings. The molecular formula is C26H19ClN4O2S2. The number of hydrogen-bond acceptors (Lipinski definition) is 6. The van der Waals surface area contributed by atoms with Gasteiger partial charge in [0.15, 0.2) is 10.3 Å². The van der Waals surface area contributed by atoms with Crippen molar-refractivity contribution in [3.8, 4) is 16.9 Å². The summed E-state index contributed by atoms with van der Waals surface area (Å²) in [6, 6.07) is 24.1. The quantitative estimate of drug-likeness (QED) is 0.202. The van der Waals surface area contributed by atoms with Crippen molar-refractivity contribution in [2.75, 3.05) is 11.1 Å². The van der Waals surface area contributed by atoms with Crippen LogP contribution in [0.25, 0.3) is 27.8 Å². The summed E-state index contributed by atoms with van der Waals surface area (Å²) in [5.41, 5.74) is 2.95. The molecule has 2 heterocycles. The van der Waals surface area contributed by atoms with E-state index in [0.29, 0.717) is 32.0 Å². The Morgan fingerprint density at radius 1 is 0.971 bits per heavy atom. The van der Waals surface area contributed by atoms with Gasteiger partial charge in [0, 0.05) is 28.1 Å². The van der Waals surface area contributed by atoms with Gasteiger partial charge in [0.05, 0.1) is 22.3 Å². The van der Waals surface area contributed by atoms with Gasteiger partial charge in [-0.15, -0.1) is 11.3 Å². The van der Waals surface area contributed by atoms with Crippen molar-refractivity contribution >= 4 is 56.6 Å². The number of carbonyl (C=O) groups is 1. The summed E-state index contributed by atoms with van der Waals surface area (Å²) >= 11 is 8.69. The standard InChI is InChI=1S/C26H19ClN4O2S2/c27-18-12-10-17(11-13-18)22-16-35-25(28-22)30-23(32)14-15-34-26-29-21-9-5-4-8-20(21)24(33)31(26)19-6-2-1-3-7-19/h1-13,16H,14-15H2,(H,28,30,32). The van der Waals surface area contributed by atoms with Crippen LogP contribution in [0.3, 0.4) is 0 Å². The molecule has 0 saturated heterocycles. The molecule has 1 amide bonds. The molecule has 0 aliphatic heterocycles. The number of carbonyl (C=O) groups excluding carboxylic acids is 1. The molecule has 2 aromatic heterocycles. The summed E-state index contributed by atoms with van der Waals surface area (Å²) in [6.45, 7) is 0. The summed E-state index contributed by atoms with van der Waals surface area (Å²) in [5, 5.41) is 7.05. The molecule has 0 aliphatic carbocycles. The van der Waals surface area contributed by atoms with E-state index in [2.05, 4.69) is 10.3 Å². The Labute approximate surface area is 214 Å². The fraction of sp³-hybridized carbons (Fsp3) is 0.0769. The van der Waals surface area contributed by atoms with Crippen molar-refractivity contribution < 1.29 is 4.79 Å². The van der Waals surface area contributed by atoms with E-state index in [1.807, 2.05) is 78.2 Å². The number of fused-ring (bicyclic) bond motifs is 1. The largest absolute Gasteiger partial charge is 0.302 e. The van der Waals surface area contributed by atoms with Crippen molar-refractivity contribution in [3.63, 3.8) is 0 Å². The lowest BCUT2D eigenvalue weighted by molar-refractivity contribution is -0.115. The van der Waals surface area contributed by atoms with Gasteiger partial charge in [-0.3, -0.25) is 14.2 Å². The normalized spacial score (nSPS) is 11.0. The highest BCUT2D eigenvalue weighted by Gasteiger charge is 2.14. The Kier molecular flexibility index (Phi) is 6.94. The van der Waals surface area contributed by atoms with Crippen LogP contribution >= 0.6 is 34.7 Å². The molecule has 6 nitrogen and oxygen atoms in total. The van der Waals surface area contributed by atoms with Crippen molar-refractivity contribution in [3.05, 3.63) is 99.6 Å². The van der Waals surface area contributed by atoms with E-state index in [9.17, 15) is 9.59 Å². The van der Waals surface area contributed by atoms with Crippen LogP contribution in [-0.2, 0) is 4.79 Å². The molecule has 9 heteroatoms. The summed E-state index contributed by atoms with van der Waals surface area (Å²) in [7, 11) is 0. The molecule has 5 rings (SSSR count). The summed E-state index contributed by atoms with van der Waals surface area (Å²) in [5.74, 6) is 0.308. The minimum Gasteiger partial charge on any atom is -0.302 e. The van der Waals surface area contributed by atoms with Gasteiger partial charge in [-0.1, -0.05) is 65.8 Å².